The summed E-state index contributed by atoms with van der Waals surface area (Å²) in [5.41, 5.74) is 5.95. The summed E-state index contributed by atoms with van der Waals surface area (Å²) >= 11 is 0. The van der Waals surface area contributed by atoms with Crippen molar-refractivity contribution in [1.29, 1.82) is 0 Å². The van der Waals surface area contributed by atoms with Gasteiger partial charge in [-0.2, -0.15) is 0 Å². The van der Waals surface area contributed by atoms with Gasteiger partial charge in [0, 0.05) is 12.5 Å². The summed E-state index contributed by atoms with van der Waals surface area (Å²) in [6.45, 7) is 1.79. The molecule has 4 heterocycles. The van der Waals surface area contributed by atoms with E-state index in [1.54, 1.807) is 31.4 Å². The van der Waals surface area contributed by atoms with Crippen LogP contribution in [0, 0.1) is 0 Å². The lowest BCUT2D eigenvalue weighted by Crippen LogP contribution is -2.68. The van der Waals surface area contributed by atoms with Crippen LogP contribution in [0.1, 0.15) is 52.2 Å². The van der Waals surface area contributed by atoms with Gasteiger partial charge in [0.1, 0.15) is 78.6 Å². The molecule has 492 valence electrons. The Morgan fingerprint density at radius 3 is 1.29 bits per heavy atom. The standard InChI is InChI=1S/C76H80O18/c1-51(77)87-67-62(49-81-43-53-26-12-4-13-27-53)90-76(72(85-47-57-34-20-8-21-35-57)70(67)94-74-68(82-44-54-28-14-5-15-29-54)64(78)65-63(91-74)50-86-73(92-65)58-36-22-9-23-37-58)93-66-61(48-80-42-52-24-10-3-11-25-52)89-75(88-60-40-38-59(79-2)39-41-60)71(84-46-56-32-18-7-19-33-56)69(66)83-45-55-30-16-6-17-31-55/h3-41,61-76,78H,42-50H2,1-2H3/t61-,62-,63-,64+,65+,66-,67+,68-,69+,70+,71-,72-,73?,74-,75-,76+/m1/s1. The molecule has 0 aliphatic carbocycles. The molecule has 0 radical (unpaired) electrons. The van der Waals surface area contributed by atoms with Gasteiger partial charge >= 0.3 is 5.97 Å². The first-order valence-corrected chi connectivity index (χ1v) is 31.9. The molecule has 4 fully saturated rings. The van der Waals surface area contributed by atoms with Crippen LogP contribution < -0.4 is 9.47 Å². The number of aliphatic hydroxyl groups excluding tert-OH is 1. The molecule has 18 heteroatoms. The summed E-state index contributed by atoms with van der Waals surface area (Å²) in [4.78, 5) is 13.8. The Kier molecular flexibility index (Phi) is 23.7. The monoisotopic (exact) mass is 1280 g/mol. The minimum Gasteiger partial charge on any atom is -0.497 e. The topological polar surface area (TPSA) is 185 Å². The molecule has 0 aromatic heterocycles. The molecule has 94 heavy (non-hydrogen) atoms. The van der Waals surface area contributed by atoms with Gasteiger partial charge in [-0.25, -0.2) is 0 Å². The molecule has 12 rings (SSSR count). The van der Waals surface area contributed by atoms with Gasteiger partial charge in [-0.05, 0) is 57.6 Å². The van der Waals surface area contributed by atoms with Crippen LogP contribution in [0.3, 0.4) is 0 Å². The van der Waals surface area contributed by atoms with Gasteiger partial charge in [-0.3, -0.25) is 4.79 Å². The molecule has 4 saturated heterocycles. The maximum absolute atomic E-state index is 13.8. The summed E-state index contributed by atoms with van der Waals surface area (Å²) in [5, 5.41) is 12.8. The third-order valence-corrected chi connectivity index (χ3v) is 16.7. The second kappa shape index (κ2) is 33.6. The zero-order valence-corrected chi connectivity index (χ0v) is 52.5. The highest BCUT2D eigenvalue weighted by Crippen LogP contribution is 2.41. The lowest BCUT2D eigenvalue weighted by molar-refractivity contribution is -0.401. The number of esters is 1. The number of hydrogen-bond acceptors (Lipinski definition) is 18. The van der Waals surface area contributed by atoms with E-state index in [-0.39, 0.29) is 59.5 Å². The molecular weight excluding hydrogens is 1200 g/mol. The third-order valence-electron chi connectivity index (χ3n) is 16.7. The van der Waals surface area contributed by atoms with E-state index >= 15 is 0 Å². The van der Waals surface area contributed by atoms with Crippen LogP contribution in [-0.2, 0) is 111 Å². The molecule has 16 atom stereocenters. The quantitative estimate of drug-likeness (QED) is 0.0436. The van der Waals surface area contributed by atoms with E-state index in [0.29, 0.717) is 11.5 Å². The van der Waals surface area contributed by atoms with Crippen LogP contribution in [0.2, 0.25) is 0 Å². The minimum atomic E-state index is -1.44. The van der Waals surface area contributed by atoms with Crippen molar-refractivity contribution < 1.29 is 85.7 Å². The lowest BCUT2D eigenvalue weighted by Gasteiger charge is -2.52. The van der Waals surface area contributed by atoms with E-state index in [1.165, 1.54) is 6.92 Å². The molecule has 8 aromatic rings. The zero-order chi connectivity index (χ0) is 64.3. The molecule has 4 aliphatic rings. The number of carbonyl (C=O) groups excluding carboxylic acids is 1. The maximum atomic E-state index is 13.8. The fourth-order valence-electron chi connectivity index (χ4n) is 12.0. The zero-order valence-electron chi connectivity index (χ0n) is 52.5. The Morgan fingerprint density at radius 2 is 0.809 bits per heavy atom. The molecule has 0 amide bonds. The van der Waals surface area contributed by atoms with E-state index in [9.17, 15) is 9.90 Å². The van der Waals surface area contributed by atoms with Gasteiger partial charge in [0.2, 0.25) is 6.29 Å². The van der Waals surface area contributed by atoms with Crippen molar-refractivity contribution in [3.8, 4) is 11.5 Å². The Bertz CT molecular complexity index is 3470. The summed E-state index contributed by atoms with van der Waals surface area (Å²) in [7, 11) is 1.60. The molecule has 0 saturated carbocycles. The normalized spacial score (nSPS) is 27.6. The van der Waals surface area contributed by atoms with Crippen LogP contribution in [0.5, 0.6) is 11.5 Å². The highest BCUT2D eigenvalue weighted by atomic mass is 16.8. The SMILES string of the molecule is COc1ccc(O[C@@H]2O[C@H](COCc3ccccc3)[C@@H](O[C@@H]3O[C@H](COCc4ccccc4)[C@H](OC(C)=O)[C@H](O[C@H]4O[C@@H]5COC(c6ccccc6)O[C@@H]5[C@H](O)[C@H]4OCc4ccccc4)[C@H]3OCc3ccccc3)[C@H](OCc3ccccc3)[C@H]2OCc2ccccc2)cc1. The van der Waals surface area contributed by atoms with E-state index in [0.717, 1.165) is 38.9 Å². The average Bonchev–Trinajstić information content (AvgIpc) is 0.773. The fourth-order valence-corrected chi connectivity index (χ4v) is 12.0. The van der Waals surface area contributed by atoms with Gasteiger partial charge in [-0.1, -0.05) is 212 Å². The molecule has 18 nitrogen and oxygen atoms in total. The second-order valence-corrected chi connectivity index (χ2v) is 23.4. The molecule has 0 bridgehead atoms. The van der Waals surface area contributed by atoms with Crippen molar-refractivity contribution in [1.82, 2.24) is 0 Å². The highest BCUT2D eigenvalue weighted by molar-refractivity contribution is 5.66. The van der Waals surface area contributed by atoms with Gasteiger partial charge in [0.15, 0.2) is 25.0 Å². The Morgan fingerprint density at radius 1 is 0.415 bits per heavy atom. The Balaban J connectivity index is 0.962. The molecular formula is C76H80O18. The van der Waals surface area contributed by atoms with Crippen LogP contribution in [0.25, 0.3) is 0 Å². The van der Waals surface area contributed by atoms with Crippen molar-refractivity contribution in [2.75, 3.05) is 26.9 Å². The number of ether oxygens (including phenoxy) is 16. The molecule has 4 aliphatic heterocycles. The van der Waals surface area contributed by atoms with Crippen LogP contribution >= 0.6 is 0 Å². The molecule has 1 N–H and O–H groups in total. The van der Waals surface area contributed by atoms with E-state index < -0.39 is 104 Å². The first-order chi connectivity index (χ1) is 46.3. The van der Waals surface area contributed by atoms with E-state index in [1.807, 2.05) is 212 Å². The van der Waals surface area contributed by atoms with Crippen LogP contribution in [0.15, 0.2) is 237 Å². The van der Waals surface area contributed by atoms with Crippen molar-refractivity contribution in [2.45, 2.75) is 145 Å². The summed E-state index contributed by atoms with van der Waals surface area (Å²) in [6.07, 6.45) is -18.4. The summed E-state index contributed by atoms with van der Waals surface area (Å²) in [5.74, 6) is 0.460. The molecule has 0 spiro atoms. The fraction of sp³-hybridized carbons (Fsp3) is 0.355. The highest BCUT2D eigenvalue weighted by Gasteiger charge is 2.58. The first-order valence-electron chi connectivity index (χ1n) is 31.9. The second-order valence-electron chi connectivity index (χ2n) is 23.4. The van der Waals surface area contributed by atoms with Gasteiger partial charge < -0.3 is 80.9 Å². The van der Waals surface area contributed by atoms with Gasteiger partial charge in [-0.15, -0.1) is 0 Å². The number of benzene rings is 8. The van der Waals surface area contributed by atoms with Crippen LogP contribution in [-0.4, -0.2) is 130 Å². The largest absolute Gasteiger partial charge is 0.497 e. The third kappa shape index (κ3) is 17.8. The maximum Gasteiger partial charge on any atom is 0.303 e. The number of hydrogen-bond donors (Lipinski definition) is 1. The number of aliphatic hydroxyl groups is 1. The molecule has 1 unspecified atom stereocenters. The Hall–Kier alpha value is -7.73. The van der Waals surface area contributed by atoms with Crippen molar-refractivity contribution in [3.63, 3.8) is 0 Å². The van der Waals surface area contributed by atoms with Crippen molar-refractivity contribution in [3.05, 3.63) is 276 Å². The van der Waals surface area contributed by atoms with E-state index in [2.05, 4.69) is 0 Å². The minimum absolute atomic E-state index is 0.00874. The predicted molar refractivity (Wildman–Crippen MR) is 343 cm³/mol. The average molecular weight is 1280 g/mol. The molecule has 8 aromatic carbocycles. The van der Waals surface area contributed by atoms with Crippen LogP contribution in [0.4, 0.5) is 0 Å². The number of rotatable bonds is 29. The van der Waals surface area contributed by atoms with E-state index in [4.69, 9.17) is 75.8 Å². The predicted octanol–water partition coefficient (Wildman–Crippen LogP) is 11.2. The number of fused-ring (bicyclic) bond motifs is 1. The lowest BCUT2D eigenvalue weighted by atomic mass is 9.94. The van der Waals surface area contributed by atoms with Crippen molar-refractivity contribution in [2.24, 2.45) is 0 Å². The van der Waals surface area contributed by atoms with Crippen molar-refractivity contribution >= 4 is 5.97 Å². The van der Waals surface area contributed by atoms with Gasteiger partial charge in [0.25, 0.3) is 0 Å². The summed E-state index contributed by atoms with van der Waals surface area (Å²) < 4.78 is 110. The summed E-state index contributed by atoms with van der Waals surface area (Å²) in [6, 6.07) is 74.9. The number of methoxy groups -OCH3 is 1. The smallest absolute Gasteiger partial charge is 0.303 e. The van der Waals surface area contributed by atoms with Gasteiger partial charge in [0.05, 0.1) is 66.6 Å². The Labute approximate surface area is 548 Å². The number of carbonyl (C=O) groups is 1. The first kappa shape index (κ1) is 66.3.